The van der Waals surface area contributed by atoms with Crippen LogP contribution in [0.4, 0.5) is 4.79 Å². The summed E-state index contributed by atoms with van der Waals surface area (Å²) in [6.45, 7) is 3.68. The number of ether oxygens (including phenoxy) is 2. The van der Waals surface area contributed by atoms with E-state index < -0.39 is 36.2 Å². The van der Waals surface area contributed by atoms with E-state index in [9.17, 15) is 14.4 Å². The van der Waals surface area contributed by atoms with Crippen molar-refractivity contribution in [2.45, 2.75) is 57.2 Å². The summed E-state index contributed by atoms with van der Waals surface area (Å²) in [4.78, 5) is 36.7. The van der Waals surface area contributed by atoms with Crippen molar-refractivity contribution < 1.29 is 29.0 Å². The van der Waals surface area contributed by atoms with Crippen LogP contribution in [0.1, 0.15) is 50.2 Å². The lowest BCUT2D eigenvalue weighted by atomic mass is 9.98. The molecule has 8 heteroatoms. The van der Waals surface area contributed by atoms with E-state index in [-0.39, 0.29) is 18.9 Å². The Morgan fingerprint density at radius 3 is 2.12 bits per heavy atom. The molecule has 8 nitrogen and oxygen atoms in total. The van der Waals surface area contributed by atoms with Crippen molar-refractivity contribution in [3.8, 4) is 11.1 Å². The van der Waals surface area contributed by atoms with Gasteiger partial charge in [-0.2, -0.15) is 0 Å². The van der Waals surface area contributed by atoms with Crippen LogP contribution in [0.5, 0.6) is 0 Å². The van der Waals surface area contributed by atoms with Gasteiger partial charge < -0.3 is 25.2 Å². The maximum absolute atomic E-state index is 12.9. The normalized spacial score (nSPS) is 14.9. The largest absolute Gasteiger partial charge is 0.481 e. The van der Waals surface area contributed by atoms with Crippen LogP contribution in [0.15, 0.2) is 48.5 Å². The Bertz CT molecular complexity index is 978. The molecule has 3 rings (SSSR count). The van der Waals surface area contributed by atoms with Gasteiger partial charge in [0, 0.05) is 19.1 Å². The number of carboxylic acid groups (broad SMARTS) is 1. The maximum Gasteiger partial charge on any atom is 0.407 e. The molecule has 0 aliphatic heterocycles. The number of fused-ring (bicyclic) bond motifs is 3. The Kier molecular flexibility index (Phi) is 8.65. The summed E-state index contributed by atoms with van der Waals surface area (Å²) < 4.78 is 10.8. The fraction of sp³-hybridized carbons (Fsp3) is 0.423. The van der Waals surface area contributed by atoms with Gasteiger partial charge in [-0.25, -0.2) is 4.79 Å². The van der Waals surface area contributed by atoms with Crippen LogP contribution in [0.2, 0.25) is 0 Å². The number of amides is 2. The third kappa shape index (κ3) is 5.94. The lowest BCUT2D eigenvalue weighted by Crippen LogP contribution is -2.55. The summed E-state index contributed by atoms with van der Waals surface area (Å²) in [6, 6.07) is 14.5. The van der Waals surface area contributed by atoms with Crippen LogP contribution >= 0.6 is 0 Å². The van der Waals surface area contributed by atoms with Crippen molar-refractivity contribution in [2.75, 3.05) is 13.7 Å². The van der Waals surface area contributed by atoms with Crippen LogP contribution < -0.4 is 10.6 Å². The number of carbonyl (C=O) groups is 3. The number of hydrogen-bond acceptors (Lipinski definition) is 5. The fourth-order valence-corrected chi connectivity index (χ4v) is 4.37. The van der Waals surface area contributed by atoms with Crippen LogP contribution in [0, 0.1) is 0 Å². The molecule has 3 atom stereocenters. The van der Waals surface area contributed by atoms with Gasteiger partial charge in [0.15, 0.2) is 0 Å². The molecule has 0 heterocycles. The van der Waals surface area contributed by atoms with E-state index in [1.165, 1.54) is 7.11 Å². The highest BCUT2D eigenvalue weighted by Gasteiger charge is 2.32. The molecule has 0 saturated carbocycles. The first kappa shape index (κ1) is 25.2. The molecule has 1 unspecified atom stereocenters. The highest BCUT2D eigenvalue weighted by atomic mass is 16.5. The zero-order chi connectivity index (χ0) is 24.7. The number of carboxylic acids is 1. The van der Waals surface area contributed by atoms with Gasteiger partial charge in [-0.1, -0.05) is 61.9 Å². The van der Waals surface area contributed by atoms with E-state index in [0.717, 1.165) is 22.3 Å². The highest BCUT2D eigenvalue weighted by Crippen LogP contribution is 2.44. The molecule has 1 aliphatic carbocycles. The molecule has 0 fully saturated rings. The summed E-state index contributed by atoms with van der Waals surface area (Å²) in [5.41, 5.74) is 4.43. The molecule has 2 amide bonds. The third-order valence-electron chi connectivity index (χ3n) is 6.15. The number of rotatable bonds is 11. The van der Waals surface area contributed by atoms with E-state index >= 15 is 0 Å². The minimum absolute atomic E-state index is 0.102. The number of alkyl carbamates (subject to hydrolysis) is 1. The molecule has 0 aromatic heterocycles. The second kappa shape index (κ2) is 11.7. The first-order valence-electron chi connectivity index (χ1n) is 11.5. The van der Waals surface area contributed by atoms with Crippen molar-refractivity contribution in [3.05, 3.63) is 59.7 Å². The number of aliphatic carboxylic acids is 1. The van der Waals surface area contributed by atoms with Gasteiger partial charge in [-0.15, -0.1) is 0 Å². The molecule has 0 bridgehead atoms. The second-order valence-corrected chi connectivity index (χ2v) is 8.48. The predicted octanol–water partition coefficient (Wildman–Crippen LogP) is 3.69. The minimum atomic E-state index is -1.03. The third-order valence-corrected chi connectivity index (χ3v) is 6.15. The predicted molar refractivity (Wildman–Crippen MR) is 128 cm³/mol. The van der Waals surface area contributed by atoms with Gasteiger partial charge in [-0.05, 0) is 35.6 Å². The SMILES string of the molecule is CCCC(CC(=O)O)NC(=O)[C@@H](NC(=O)OCC1c2ccccc2-c2ccccc21)[C@@H](C)OC. The van der Waals surface area contributed by atoms with E-state index in [0.29, 0.717) is 12.8 Å². The number of hydrogen-bond donors (Lipinski definition) is 3. The Morgan fingerprint density at radius 1 is 1.00 bits per heavy atom. The number of methoxy groups -OCH3 is 1. The average molecular weight is 469 g/mol. The first-order chi connectivity index (χ1) is 16.3. The van der Waals surface area contributed by atoms with Gasteiger partial charge in [0.05, 0.1) is 12.5 Å². The van der Waals surface area contributed by atoms with Gasteiger partial charge in [0.1, 0.15) is 12.6 Å². The molecule has 2 aromatic carbocycles. The molecule has 34 heavy (non-hydrogen) atoms. The van der Waals surface area contributed by atoms with Gasteiger partial charge in [-0.3, -0.25) is 9.59 Å². The minimum Gasteiger partial charge on any atom is -0.481 e. The van der Waals surface area contributed by atoms with Crippen LogP contribution in [0.3, 0.4) is 0 Å². The van der Waals surface area contributed by atoms with Gasteiger partial charge in [0.25, 0.3) is 0 Å². The zero-order valence-electron chi connectivity index (χ0n) is 19.7. The summed E-state index contributed by atoms with van der Waals surface area (Å²) in [5, 5.41) is 14.4. The van der Waals surface area contributed by atoms with E-state index in [1.54, 1.807) is 6.92 Å². The van der Waals surface area contributed by atoms with Crippen LogP contribution in [-0.4, -0.2) is 55.0 Å². The molecule has 1 aliphatic rings. The Labute approximate surface area is 199 Å². The molecule has 2 aromatic rings. The Balaban J connectivity index is 1.66. The standard InChI is InChI=1S/C26H32N2O6/c1-4-9-17(14-23(29)30)27-25(31)24(16(2)33-3)28-26(32)34-15-22-20-12-7-5-10-18(20)19-11-6-8-13-21(19)22/h5-8,10-13,16-17,22,24H,4,9,14-15H2,1-3H3,(H,27,31)(H,28,32)(H,29,30)/t16-,17?,24+/m1/s1. The van der Waals surface area contributed by atoms with E-state index in [1.807, 2.05) is 43.3 Å². The van der Waals surface area contributed by atoms with Crippen LogP contribution in [-0.2, 0) is 19.1 Å². The molecule has 3 N–H and O–H groups in total. The van der Waals surface area contributed by atoms with Gasteiger partial charge in [0.2, 0.25) is 5.91 Å². The maximum atomic E-state index is 12.9. The summed E-state index contributed by atoms with van der Waals surface area (Å²) in [6.07, 6.45) is -0.359. The molecule has 182 valence electrons. The molecular weight excluding hydrogens is 436 g/mol. The van der Waals surface area contributed by atoms with E-state index in [2.05, 4.69) is 22.8 Å². The first-order valence-corrected chi connectivity index (χ1v) is 11.5. The smallest absolute Gasteiger partial charge is 0.407 e. The topological polar surface area (TPSA) is 114 Å². The summed E-state index contributed by atoms with van der Waals surface area (Å²) in [7, 11) is 1.44. The molecule has 0 radical (unpaired) electrons. The van der Waals surface area contributed by atoms with Crippen LogP contribution in [0.25, 0.3) is 11.1 Å². The summed E-state index contributed by atoms with van der Waals surface area (Å²) in [5.74, 6) is -1.61. The summed E-state index contributed by atoms with van der Waals surface area (Å²) >= 11 is 0. The zero-order valence-corrected chi connectivity index (χ0v) is 19.7. The highest BCUT2D eigenvalue weighted by molar-refractivity contribution is 5.87. The monoisotopic (exact) mass is 468 g/mol. The van der Waals surface area contributed by atoms with Crippen molar-refractivity contribution >= 4 is 18.0 Å². The average Bonchev–Trinajstić information content (AvgIpc) is 3.14. The van der Waals surface area contributed by atoms with Crippen molar-refractivity contribution in [1.29, 1.82) is 0 Å². The van der Waals surface area contributed by atoms with Crippen molar-refractivity contribution in [1.82, 2.24) is 10.6 Å². The fourth-order valence-electron chi connectivity index (χ4n) is 4.37. The van der Waals surface area contributed by atoms with E-state index in [4.69, 9.17) is 14.6 Å². The molecule has 0 saturated heterocycles. The Hall–Kier alpha value is -3.39. The number of carbonyl (C=O) groups excluding carboxylic acids is 2. The van der Waals surface area contributed by atoms with Gasteiger partial charge >= 0.3 is 12.1 Å². The quantitative estimate of drug-likeness (QED) is 0.464. The number of nitrogens with one attached hydrogen (secondary N) is 2. The molecular formula is C26H32N2O6. The van der Waals surface area contributed by atoms with Crippen molar-refractivity contribution in [3.63, 3.8) is 0 Å². The van der Waals surface area contributed by atoms with Crippen molar-refractivity contribution in [2.24, 2.45) is 0 Å². The lowest BCUT2D eigenvalue weighted by molar-refractivity contribution is -0.138. The second-order valence-electron chi connectivity index (χ2n) is 8.48. The lowest BCUT2D eigenvalue weighted by Gasteiger charge is -2.26. The molecule has 0 spiro atoms. The number of benzene rings is 2. The Morgan fingerprint density at radius 2 is 1.59 bits per heavy atom.